The van der Waals surface area contributed by atoms with Gasteiger partial charge in [0.05, 0.1) is 35.9 Å². The Morgan fingerprint density at radius 2 is 1.70 bits per heavy atom. The highest BCUT2D eigenvalue weighted by atomic mass is 16.7. The summed E-state index contributed by atoms with van der Waals surface area (Å²) in [5, 5.41) is 11.8. The molecule has 5 rings (SSSR count). The van der Waals surface area contributed by atoms with E-state index in [1.807, 2.05) is 62.5 Å². The molecular weight excluding hydrogens is 771 g/mol. The van der Waals surface area contributed by atoms with Crippen molar-refractivity contribution in [3.63, 3.8) is 0 Å². The number of cyclic esters (lactones) is 1. The first-order chi connectivity index (χ1) is 28.2. The fraction of sp³-hybridized carbons (Fsp3) is 0.733. The van der Waals surface area contributed by atoms with Gasteiger partial charge in [-0.25, -0.2) is 9.78 Å². The number of aromatic nitrogens is 3. The molecule has 0 aliphatic carbocycles. The number of pyridine rings is 1. The number of hydrogen-bond acceptors (Lipinski definition) is 13. The predicted octanol–water partition coefficient (Wildman–Crippen LogP) is 5.71. The summed E-state index contributed by atoms with van der Waals surface area (Å²) in [4.78, 5) is 69.6. The second-order valence-electron chi connectivity index (χ2n) is 18.0. The SMILES string of the molecule is CC[C@H]1OC(=O)[C@H](C)C(=O)[C@H](C)[C@@H](O[C@]2(C)O[C@H](C)C[C@H](N(C)CC)[C@H]2O)[C@](C)(OC)C[C@@H](C)C(=O)[C@H](C)[C@H]2N(CCCCn3cnc(-c4cccnc4)c3)C(=O)O[C@]12C. The number of likely N-dealkylation sites (N-methyl/N-ethyl adjacent to an activating group) is 1. The Morgan fingerprint density at radius 3 is 2.33 bits per heavy atom. The zero-order valence-electron chi connectivity index (χ0n) is 37.8. The van der Waals surface area contributed by atoms with E-state index in [2.05, 4.69) is 9.97 Å². The van der Waals surface area contributed by atoms with E-state index in [-0.39, 0.29) is 30.8 Å². The summed E-state index contributed by atoms with van der Waals surface area (Å²) in [7, 11) is 3.43. The van der Waals surface area contributed by atoms with Crippen LogP contribution in [0, 0.1) is 23.7 Å². The van der Waals surface area contributed by atoms with Crippen molar-refractivity contribution < 1.29 is 48.0 Å². The summed E-state index contributed by atoms with van der Waals surface area (Å²) >= 11 is 0. The van der Waals surface area contributed by atoms with Crippen molar-refractivity contribution >= 4 is 23.6 Å². The van der Waals surface area contributed by atoms with Gasteiger partial charge in [0.1, 0.15) is 23.9 Å². The number of aryl methyl sites for hydroxylation is 1. The Hall–Kier alpha value is -3.76. The fourth-order valence-corrected chi connectivity index (χ4v) is 9.94. The first-order valence-electron chi connectivity index (χ1n) is 21.7. The highest BCUT2D eigenvalue weighted by molar-refractivity contribution is 6.00. The number of esters is 1. The lowest BCUT2D eigenvalue weighted by atomic mass is 9.73. The lowest BCUT2D eigenvalue weighted by molar-refractivity contribution is -0.354. The third-order valence-corrected chi connectivity index (χ3v) is 13.6. The number of ether oxygens (including phenoxy) is 5. The molecule has 15 nitrogen and oxygen atoms in total. The van der Waals surface area contributed by atoms with Crippen molar-refractivity contribution in [2.24, 2.45) is 23.7 Å². The zero-order chi connectivity index (χ0) is 44.3. The monoisotopic (exact) mass is 840 g/mol. The summed E-state index contributed by atoms with van der Waals surface area (Å²) < 4.78 is 33.8. The average molecular weight is 840 g/mol. The van der Waals surface area contributed by atoms with Gasteiger partial charge in [0, 0.05) is 68.1 Å². The van der Waals surface area contributed by atoms with Gasteiger partial charge in [0.2, 0.25) is 0 Å². The van der Waals surface area contributed by atoms with Crippen molar-refractivity contribution in [3.8, 4) is 11.3 Å². The van der Waals surface area contributed by atoms with E-state index in [9.17, 15) is 24.3 Å². The molecule has 3 aliphatic heterocycles. The molecule has 0 radical (unpaired) electrons. The van der Waals surface area contributed by atoms with Gasteiger partial charge in [0.15, 0.2) is 17.2 Å². The van der Waals surface area contributed by atoms with E-state index in [1.54, 1.807) is 58.2 Å². The van der Waals surface area contributed by atoms with Crippen LogP contribution in [-0.2, 0) is 44.6 Å². The van der Waals surface area contributed by atoms with Gasteiger partial charge in [-0.2, -0.15) is 0 Å². The van der Waals surface area contributed by atoms with E-state index < -0.39 is 82.9 Å². The van der Waals surface area contributed by atoms with Gasteiger partial charge in [0.25, 0.3) is 0 Å². The second kappa shape index (κ2) is 19.1. The summed E-state index contributed by atoms with van der Waals surface area (Å²) in [6.07, 6.45) is 5.44. The molecule has 0 saturated carbocycles. The molecule has 334 valence electrons. The largest absolute Gasteiger partial charge is 0.458 e. The fourth-order valence-electron chi connectivity index (χ4n) is 9.94. The third kappa shape index (κ3) is 9.50. The number of amides is 1. The van der Waals surface area contributed by atoms with Crippen LogP contribution in [0.1, 0.15) is 101 Å². The number of ketones is 2. The molecule has 0 unspecified atom stereocenters. The molecule has 60 heavy (non-hydrogen) atoms. The molecule has 1 N–H and O–H groups in total. The van der Waals surface area contributed by atoms with Crippen LogP contribution in [0.5, 0.6) is 0 Å². The molecule has 0 aromatic carbocycles. The summed E-state index contributed by atoms with van der Waals surface area (Å²) in [5.74, 6) is -6.58. The Kier molecular flexibility index (Phi) is 15.1. The number of rotatable bonds is 12. The lowest BCUT2D eigenvalue weighted by Crippen LogP contribution is -2.65. The number of aliphatic hydroxyl groups is 1. The molecule has 0 bridgehead atoms. The smallest absolute Gasteiger partial charge is 0.410 e. The van der Waals surface area contributed by atoms with Crippen molar-refractivity contribution in [3.05, 3.63) is 37.1 Å². The van der Waals surface area contributed by atoms with E-state index in [1.165, 1.54) is 14.0 Å². The second-order valence-corrected chi connectivity index (χ2v) is 18.0. The first-order valence-corrected chi connectivity index (χ1v) is 21.7. The minimum atomic E-state index is -1.57. The number of carbonyl (C=O) groups is 4. The van der Waals surface area contributed by atoms with E-state index in [4.69, 9.17) is 23.7 Å². The highest BCUT2D eigenvalue weighted by Gasteiger charge is 2.60. The van der Waals surface area contributed by atoms with Crippen molar-refractivity contribution in [2.75, 3.05) is 27.2 Å². The van der Waals surface area contributed by atoms with Crippen LogP contribution in [0.25, 0.3) is 11.3 Å². The Labute approximate surface area is 355 Å². The normalized spacial score (nSPS) is 37.1. The van der Waals surface area contributed by atoms with Gasteiger partial charge >= 0.3 is 12.1 Å². The van der Waals surface area contributed by atoms with Gasteiger partial charge < -0.3 is 43.2 Å². The molecule has 3 saturated heterocycles. The maximum Gasteiger partial charge on any atom is 0.410 e. The summed E-state index contributed by atoms with van der Waals surface area (Å²) in [6, 6.07) is 2.72. The molecule has 5 heterocycles. The van der Waals surface area contributed by atoms with Crippen molar-refractivity contribution in [2.45, 2.75) is 161 Å². The van der Waals surface area contributed by atoms with Crippen LogP contribution in [-0.4, -0.2) is 134 Å². The number of Topliss-reactive ketones (excluding diaryl/α,β-unsaturated/α-hetero) is 2. The average Bonchev–Trinajstić information content (AvgIpc) is 3.81. The molecule has 3 aliphatic rings. The van der Waals surface area contributed by atoms with Crippen LogP contribution in [0.4, 0.5) is 4.79 Å². The highest BCUT2D eigenvalue weighted by Crippen LogP contribution is 2.44. The molecule has 3 fully saturated rings. The molecule has 1 amide bonds. The van der Waals surface area contributed by atoms with Gasteiger partial charge in [-0.15, -0.1) is 0 Å². The van der Waals surface area contributed by atoms with Crippen LogP contribution in [0.2, 0.25) is 0 Å². The van der Waals surface area contributed by atoms with Gasteiger partial charge in [-0.1, -0.05) is 34.6 Å². The standard InChI is InChI=1S/C45H69N5O10/c1-13-35-44(9)38(50(42(55)60-44)21-16-15-20-49-25-33(47-26-49)32-18-17-19-46-24-32)29(5)36(51)27(3)23-43(8,56-12)40(30(6)37(52)31(7)41(54)57-35)59-45(10)39(53)34(48(11)14-2)22-28(4)58-45/h17-19,24-31,34-35,38-40,53H,13-16,20-23H2,1-12H3/t27-,28-,29+,30+,31-,34+,35-,38-,39-,40-,43-,44-,45+/m1/s1. The van der Waals surface area contributed by atoms with E-state index in [0.29, 0.717) is 38.9 Å². The number of aliphatic hydroxyl groups excluding tert-OH is 1. The summed E-state index contributed by atoms with van der Waals surface area (Å²) in [6.45, 7) is 19.3. The minimum absolute atomic E-state index is 0.120. The lowest BCUT2D eigenvalue weighted by Gasteiger charge is -2.52. The number of nitrogens with zero attached hydrogens (tertiary/aromatic N) is 5. The van der Waals surface area contributed by atoms with Gasteiger partial charge in [-0.05, 0) is 92.4 Å². The van der Waals surface area contributed by atoms with Crippen LogP contribution in [0.3, 0.4) is 0 Å². The quantitative estimate of drug-likeness (QED) is 0.157. The maximum atomic E-state index is 14.8. The van der Waals surface area contributed by atoms with Gasteiger partial charge in [-0.3, -0.25) is 19.4 Å². The Balaban J connectivity index is 1.45. The maximum absolute atomic E-state index is 14.8. The van der Waals surface area contributed by atoms with Crippen LogP contribution < -0.4 is 0 Å². The van der Waals surface area contributed by atoms with Crippen molar-refractivity contribution in [1.82, 2.24) is 24.3 Å². The molecular formula is C45H69N5O10. The predicted molar refractivity (Wildman–Crippen MR) is 223 cm³/mol. The van der Waals surface area contributed by atoms with Crippen molar-refractivity contribution in [1.29, 1.82) is 0 Å². The molecule has 2 aromatic heterocycles. The number of unbranched alkanes of at least 4 members (excludes halogenated alkanes) is 1. The first kappa shape index (κ1) is 47.3. The molecule has 2 aromatic rings. The number of imidazole rings is 1. The van der Waals surface area contributed by atoms with Crippen LogP contribution in [0.15, 0.2) is 37.1 Å². The topological polar surface area (TPSA) is 172 Å². The van der Waals surface area contributed by atoms with E-state index in [0.717, 1.165) is 11.3 Å². The Morgan fingerprint density at radius 1 is 1.00 bits per heavy atom. The Bertz CT molecular complexity index is 1810. The number of fused-ring (bicyclic) bond motifs is 1. The van der Waals surface area contributed by atoms with E-state index >= 15 is 0 Å². The summed E-state index contributed by atoms with van der Waals surface area (Å²) in [5.41, 5.74) is -0.971. The molecule has 13 atom stereocenters. The minimum Gasteiger partial charge on any atom is -0.458 e. The van der Waals surface area contributed by atoms with Crippen LogP contribution >= 0.6 is 0 Å². The third-order valence-electron chi connectivity index (χ3n) is 13.6. The molecule has 15 heteroatoms. The number of hydrogen-bond donors (Lipinski definition) is 1. The number of carbonyl (C=O) groups excluding carboxylic acids is 4. The number of methoxy groups -OCH3 is 1. The molecule has 0 spiro atoms. The zero-order valence-corrected chi connectivity index (χ0v) is 37.8.